The summed E-state index contributed by atoms with van der Waals surface area (Å²) in [6.07, 6.45) is 6.38. The number of benzene rings is 1. The van der Waals surface area contributed by atoms with Crippen LogP contribution in [0.3, 0.4) is 0 Å². The van der Waals surface area contributed by atoms with E-state index in [1.54, 1.807) is 6.07 Å². The average Bonchev–Trinajstić information content (AvgIpc) is 2.29. The van der Waals surface area contributed by atoms with Gasteiger partial charge >= 0.3 is 0 Å². The van der Waals surface area contributed by atoms with Crippen molar-refractivity contribution in [2.45, 2.75) is 38.1 Å². The molecule has 2 N–H and O–H groups in total. The van der Waals surface area contributed by atoms with Gasteiger partial charge in [-0.3, -0.25) is 0 Å². The number of rotatable bonds is 2. The van der Waals surface area contributed by atoms with E-state index < -0.39 is 0 Å². The standard InChI is InChI=1S/C13H17Cl2N/c14-10-6-7-11(12(15)8-10)13(16)9-4-2-1-3-5-9/h6-9,13H,1-5,16H2/t13-/m0/s1. The van der Waals surface area contributed by atoms with E-state index in [0.29, 0.717) is 16.0 Å². The normalized spacial score (nSPS) is 19.7. The van der Waals surface area contributed by atoms with E-state index in [0.717, 1.165) is 5.56 Å². The Morgan fingerprint density at radius 1 is 1.12 bits per heavy atom. The molecule has 0 aromatic heterocycles. The molecular formula is C13H17Cl2N. The topological polar surface area (TPSA) is 26.0 Å². The van der Waals surface area contributed by atoms with E-state index in [9.17, 15) is 0 Å². The zero-order valence-electron chi connectivity index (χ0n) is 9.26. The van der Waals surface area contributed by atoms with Gasteiger partial charge in [0.15, 0.2) is 0 Å². The highest BCUT2D eigenvalue weighted by Gasteiger charge is 2.23. The first-order chi connectivity index (χ1) is 7.68. The van der Waals surface area contributed by atoms with Crippen molar-refractivity contribution in [3.8, 4) is 0 Å². The van der Waals surface area contributed by atoms with E-state index in [1.807, 2.05) is 12.1 Å². The van der Waals surface area contributed by atoms with Gasteiger partial charge in [0.1, 0.15) is 0 Å². The van der Waals surface area contributed by atoms with Crippen LogP contribution in [0.2, 0.25) is 10.0 Å². The van der Waals surface area contributed by atoms with Crippen LogP contribution >= 0.6 is 23.2 Å². The molecule has 1 aromatic carbocycles. The monoisotopic (exact) mass is 257 g/mol. The van der Waals surface area contributed by atoms with Crippen LogP contribution in [0.25, 0.3) is 0 Å². The van der Waals surface area contributed by atoms with Crippen LogP contribution in [0.4, 0.5) is 0 Å². The number of hydrogen-bond donors (Lipinski definition) is 1. The fraction of sp³-hybridized carbons (Fsp3) is 0.538. The molecule has 0 bridgehead atoms. The molecule has 1 aromatic rings. The van der Waals surface area contributed by atoms with E-state index in [1.165, 1.54) is 32.1 Å². The maximum atomic E-state index is 6.29. The van der Waals surface area contributed by atoms with E-state index in [-0.39, 0.29) is 6.04 Å². The molecule has 3 heteroatoms. The van der Waals surface area contributed by atoms with Gasteiger partial charge in [-0.25, -0.2) is 0 Å². The van der Waals surface area contributed by atoms with Crippen molar-refractivity contribution < 1.29 is 0 Å². The molecule has 0 radical (unpaired) electrons. The first-order valence-corrected chi connectivity index (χ1v) is 6.64. The SMILES string of the molecule is N[C@H](c1ccc(Cl)cc1Cl)C1CCCCC1. The van der Waals surface area contributed by atoms with Crippen LogP contribution in [0.1, 0.15) is 43.7 Å². The van der Waals surface area contributed by atoms with Crippen molar-refractivity contribution in [2.24, 2.45) is 11.7 Å². The fourth-order valence-corrected chi connectivity index (χ4v) is 3.05. The van der Waals surface area contributed by atoms with Gasteiger partial charge < -0.3 is 5.73 Å². The molecule has 1 atom stereocenters. The van der Waals surface area contributed by atoms with Crippen LogP contribution in [0.5, 0.6) is 0 Å². The van der Waals surface area contributed by atoms with Crippen molar-refractivity contribution >= 4 is 23.2 Å². The van der Waals surface area contributed by atoms with Gasteiger partial charge in [-0.2, -0.15) is 0 Å². The largest absolute Gasteiger partial charge is 0.324 e. The molecule has 0 unspecified atom stereocenters. The fourth-order valence-electron chi connectivity index (χ4n) is 2.52. The molecule has 88 valence electrons. The van der Waals surface area contributed by atoms with Crippen LogP contribution in [0, 0.1) is 5.92 Å². The third-order valence-electron chi connectivity index (χ3n) is 3.48. The number of hydrogen-bond acceptors (Lipinski definition) is 1. The molecule has 0 amide bonds. The molecule has 0 saturated heterocycles. The molecule has 2 rings (SSSR count). The highest BCUT2D eigenvalue weighted by atomic mass is 35.5. The molecule has 1 nitrogen and oxygen atoms in total. The van der Waals surface area contributed by atoms with Gasteiger partial charge in [0.05, 0.1) is 0 Å². The Morgan fingerprint density at radius 2 is 1.81 bits per heavy atom. The quantitative estimate of drug-likeness (QED) is 0.825. The predicted octanol–water partition coefficient (Wildman–Crippen LogP) is 4.57. The van der Waals surface area contributed by atoms with Crippen molar-refractivity contribution in [2.75, 3.05) is 0 Å². The summed E-state index contributed by atoms with van der Waals surface area (Å²) in [4.78, 5) is 0. The molecular weight excluding hydrogens is 241 g/mol. The summed E-state index contributed by atoms with van der Waals surface area (Å²) >= 11 is 12.1. The minimum atomic E-state index is 0.0602. The highest BCUT2D eigenvalue weighted by Crippen LogP contribution is 2.36. The van der Waals surface area contributed by atoms with Gasteiger partial charge in [-0.15, -0.1) is 0 Å². The Kier molecular flexibility index (Phi) is 4.12. The number of halogens is 2. The van der Waals surface area contributed by atoms with Crippen molar-refractivity contribution in [1.82, 2.24) is 0 Å². The lowest BCUT2D eigenvalue weighted by Gasteiger charge is -2.28. The van der Waals surface area contributed by atoms with Crippen LogP contribution in [-0.4, -0.2) is 0 Å². The third kappa shape index (κ3) is 2.71. The summed E-state index contributed by atoms with van der Waals surface area (Å²) in [6.45, 7) is 0. The highest BCUT2D eigenvalue weighted by molar-refractivity contribution is 6.35. The second-order valence-corrected chi connectivity index (χ2v) is 5.43. The van der Waals surface area contributed by atoms with E-state index >= 15 is 0 Å². The van der Waals surface area contributed by atoms with Gasteiger partial charge in [-0.1, -0.05) is 48.5 Å². The van der Waals surface area contributed by atoms with Gasteiger partial charge in [-0.05, 0) is 36.5 Å². The lowest BCUT2D eigenvalue weighted by molar-refractivity contribution is 0.308. The van der Waals surface area contributed by atoms with Gasteiger partial charge in [0.25, 0.3) is 0 Å². The first-order valence-electron chi connectivity index (χ1n) is 5.89. The van der Waals surface area contributed by atoms with Crippen LogP contribution in [-0.2, 0) is 0 Å². The molecule has 0 heterocycles. The summed E-state index contributed by atoms with van der Waals surface area (Å²) < 4.78 is 0. The second-order valence-electron chi connectivity index (χ2n) is 4.59. The summed E-state index contributed by atoms with van der Waals surface area (Å²) in [6, 6.07) is 5.67. The molecule has 0 spiro atoms. The molecule has 1 aliphatic rings. The maximum absolute atomic E-state index is 6.29. The first kappa shape index (κ1) is 12.2. The van der Waals surface area contributed by atoms with E-state index in [4.69, 9.17) is 28.9 Å². The van der Waals surface area contributed by atoms with Crippen molar-refractivity contribution in [3.05, 3.63) is 33.8 Å². The van der Waals surface area contributed by atoms with Gasteiger partial charge in [0.2, 0.25) is 0 Å². The lowest BCUT2D eigenvalue weighted by atomic mass is 9.81. The van der Waals surface area contributed by atoms with Gasteiger partial charge in [0, 0.05) is 16.1 Å². The minimum absolute atomic E-state index is 0.0602. The second kappa shape index (κ2) is 5.39. The summed E-state index contributed by atoms with van der Waals surface area (Å²) in [5.74, 6) is 0.576. The smallest absolute Gasteiger partial charge is 0.0468 e. The Balaban J connectivity index is 2.15. The Hall–Kier alpha value is -0.240. The van der Waals surface area contributed by atoms with Crippen molar-refractivity contribution in [3.63, 3.8) is 0 Å². The summed E-state index contributed by atoms with van der Waals surface area (Å²) in [5, 5.41) is 1.37. The zero-order valence-corrected chi connectivity index (χ0v) is 10.8. The van der Waals surface area contributed by atoms with Crippen LogP contribution in [0.15, 0.2) is 18.2 Å². The minimum Gasteiger partial charge on any atom is -0.324 e. The lowest BCUT2D eigenvalue weighted by Crippen LogP contribution is -2.23. The summed E-state index contributed by atoms with van der Waals surface area (Å²) in [7, 11) is 0. The molecule has 1 saturated carbocycles. The Morgan fingerprint density at radius 3 is 2.44 bits per heavy atom. The molecule has 1 aliphatic carbocycles. The Labute approximate surface area is 107 Å². The predicted molar refractivity (Wildman–Crippen MR) is 70.0 cm³/mol. The zero-order chi connectivity index (χ0) is 11.5. The Bertz CT molecular complexity index is 359. The molecule has 16 heavy (non-hydrogen) atoms. The van der Waals surface area contributed by atoms with Crippen molar-refractivity contribution in [1.29, 1.82) is 0 Å². The maximum Gasteiger partial charge on any atom is 0.0468 e. The van der Waals surface area contributed by atoms with E-state index in [2.05, 4.69) is 0 Å². The molecule has 1 fully saturated rings. The summed E-state index contributed by atoms with van der Waals surface area (Å²) in [5.41, 5.74) is 7.33. The van der Waals surface area contributed by atoms with Crippen LogP contribution < -0.4 is 5.73 Å². The third-order valence-corrected chi connectivity index (χ3v) is 4.04. The number of nitrogens with two attached hydrogens (primary N) is 1. The molecule has 0 aliphatic heterocycles. The average molecular weight is 258 g/mol.